The third-order valence-electron chi connectivity index (χ3n) is 2.82. The summed E-state index contributed by atoms with van der Waals surface area (Å²) in [6.07, 6.45) is 0. The van der Waals surface area contributed by atoms with Gasteiger partial charge in [-0.1, -0.05) is 46.3 Å². The number of carboxylic acid groups (broad SMARTS) is 1. The van der Waals surface area contributed by atoms with Crippen LogP contribution in [0.4, 0.5) is 0 Å². The first-order valence-electron chi connectivity index (χ1n) is 5.61. The highest BCUT2D eigenvalue weighted by atomic mass is 79.9. The van der Waals surface area contributed by atoms with Crippen molar-refractivity contribution in [2.75, 3.05) is 0 Å². The van der Waals surface area contributed by atoms with Gasteiger partial charge < -0.3 is 5.11 Å². The molecule has 0 aliphatic carbocycles. The summed E-state index contributed by atoms with van der Waals surface area (Å²) in [6, 6.07) is 16.2. The van der Waals surface area contributed by atoms with Crippen LogP contribution in [0, 0.1) is 11.3 Å². The van der Waals surface area contributed by atoms with Gasteiger partial charge in [-0.15, -0.1) is 0 Å². The van der Waals surface area contributed by atoms with Crippen LogP contribution in [0.15, 0.2) is 53.0 Å². The van der Waals surface area contributed by atoms with E-state index in [1.54, 1.807) is 12.1 Å². The number of hydrogen-bond acceptors (Lipinski definition) is 2. The second-order valence-electron chi connectivity index (χ2n) is 4.01. The normalized spacial score (nSPS) is 11.6. The first kappa shape index (κ1) is 13.3. The van der Waals surface area contributed by atoms with Crippen molar-refractivity contribution in [3.05, 3.63) is 69.7 Å². The quantitative estimate of drug-likeness (QED) is 0.937. The van der Waals surface area contributed by atoms with Crippen LogP contribution in [0.1, 0.15) is 27.4 Å². The Kier molecular flexibility index (Phi) is 3.98. The predicted octanol–water partition coefficient (Wildman–Crippen LogP) is 3.80. The minimum absolute atomic E-state index is 0.151. The molecule has 1 N–H and O–H groups in total. The zero-order valence-corrected chi connectivity index (χ0v) is 11.5. The van der Waals surface area contributed by atoms with Crippen molar-refractivity contribution < 1.29 is 9.90 Å². The summed E-state index contributed by atoms with van der Waals surface area (Å²) in [6.45, 7) is 0. The molecule has 0 amide bonds. The van der Waals surface area contributed by atoms with Gasteiger partial charge in [-0.25, -0.2) is 4.79 Å². The van der Waals surface area contributed by atoms with Crippen molar-refractivity contribution in [1.29, 1.82) is 5.26 Å². The van der Waals surface area contributed by atoms with E-state index < -0.39 is 11.9 Å². The van der Waals surface area contributed by atoms with E-state index in [0.717, 1.165) is 10.0 Å². The lowest BCUT2D eigenvalue weighted by molar-refractivity contribution is 0.0695. The van der Waals surface area contributed by atoms with Crippen LogP contribution in [-0.2, 0) is 0 Å². The van der Waals surface area contributed by atoms with Crippen LogP contribution in [0.3, 0.4) is 0 Å². The zero-order chi connectivity index (χ0) is 13.8. The van der Waals surface area contributed by atoms with E-state index in [9.17, 15) is 15.2 Å². The number of carbonyl (C=O) groups is 1. The smallest absolute Gasteiger partial charge is 0.336 e. The maximum absolute atomic E-state index is 11.3. The Hall–Kier alpha value is -2.12. The SMILES string of the molecule is N#CC(c1ccccc1)c1cc(Br)ccc1C(=O)O. The molecular weight excluding hydrogens is 306 g/mol. The van der Waals surface area contributed by atoms with Crippen LogP contribution in [0.25, 0.3) is 0 Å². The van der Waals surface area contributed by atoms with E-state index in [2.05, 4.69) is 22.0 Å². The second kappa shape index (κ2) is 5.68. The van der Waals surface area contributed by atoms with Crippen molar-refractivity contribution in [3.63, 3.8) is 0 Å². The topological polar surface area (TPSA) is 61.1 Å². The molecule has 1 atom stereocenters. The van der Waals surface area contributed by atoms with Gasteiger partial charge >= 0.3 is 5.97 Å². The van der Waals surface area contributed by atoms with E-state index in [-0.39, 0.29) is 5.56 Å². The summed E-state index contributed by atoms with van der Waals surface area (Å²) >= 11 is 3.31. The summed E-state index contributed by atoms with van der Waals surface area (Å²) < 4.78 is 0.753. The summed E-state index contributed by atoms with van der Waals surface area (Å²) in [7, 11) is 0. The number of halogens is 1. The molecule has 4 heteroatoms. The summed E-state index contributed by atoms with van der Waals surface area (Å²) in [5.41, 5.74) is 1.43. The molecule has 0 aliphatic rings. The predicted molar refractivity (Wildman–Crippen MR) is 75.0 cm³/mol. The lowest BCUT2D eigenvalue weighted by Gasteiger charge is -2.13. The Labute approximate surface area is 119 Å². The molecule has 1 unspecified atom stereocenters. The van der Waals surface area contributed by atoms with Crippen molar-refractivity contribution in [3.8, 4) is 6.07 Å². The van der Waals surface area contributed by atoms with Crippen LogP contribution in [0.2, 0.25) is 0 Å². The van der Waals surface area contributed by atoms with Gasteiger partial charge in [0.25, 0.3) is 0 Å². The Bertz CT molecular complexity index is 647. The Morgan fingerprint density at radius 1 is 1.21 bits per heavy atom. The van der Waals surface area contributed by atoms with Gasteiger partial charge in [-0.3, -0.25) is 0 Å². The molecule has 2 aromatic rings. The van der Waals surface area contributed by atoms with Gasteiger partial charge in [0, 0.05) is 4.47 Å². The monoisotopic (exact) mass is 315 g/mol. The molecule has 0 radical (unpaired) electrons. The maximum Gasteiger partial charge on any atom is 0.336 e. The van der Waals surface area contributed by atoms with E-state index in [4.69, 9.17) is 0 Å². The largest absolute Gasteiger partial charge is 0.478 e. The molecule has 0 heterocycles. The van der Waals surface area contributed by atoms with Crippen LogP contribution in [0.5, 0.6) is 0 Å². The summed E-state index contributed by atoms with van der Waals surface area (Å²) in [5.74, 6) is -1.62. The molecule has 19 heavy (non-hydrogen) atoms. The van der Waals surface area contributed by atoms with Crippen molar-refractivity contribution >= 4 is 21.9 Å². The lowest BCUT2D eigenvalue weighted by Crippen LogP contribution is -2.07. The summed E-state index contributed by atoms with van der Waals surface area (Å²) in [5, 5.41) is 18.6. The highest BCUT2D eigenvalue weighted by Crippen LogP contribution is 2.29. The average molecular weight is 316 g/mol. The number of carboxylic acids is 1. The Balaban J connectivity index is 2.59. The van der Waals surface area contributed by atoms with E-state index >= 15 is 0 Å². The molecule has 94 valence electrons. The van der Waals surface area contributed by atoms with E-state index in [1.807, 2.05) is 30.3 Å². The first-order valence-corrected chi connectivity index (χ1v) is 6.40. The molecule has 0 spiro atoms. The Morgan fingerprint density at radius 3 is 2.47 bits per heavy atom. The van der Waals surface area contributed by atoms with Gasteiger partial charge in [0.1, 0.15) is 0 Å². The molecule has 0 aromatic heterocycles. The number of benzene rings is 2. The standard InChI is InChI=1S/C15H10BrNO2/c16-11-6-7-12(15(18)19)13(8-11)14(9-17)10-4-2-1-3-5-10/h1-8,14H,(H,18,19). The highest BCUT2D eigenvalue weighted by Gasteiger charge is 2.20. The van der Waals surface area contributed by atoms with Crippen LogP contribution in [-0.4, -0.2) is 11.1 Å². The fourth-order valence-electron chi connectivity index (χ4n) is 1.94. The number of nitriles is 1. The molecule has 0 saturated heterocycles. The maximum atomic E-state index is 11.3. The third-order valence-corrected chi connectivity index (χ3v) is 3.31. The molecule has 0 aliphatic heterocycles. The van der Waals surface area contributed by atoms with Gasteiger partial charge in [-0.2, -0.15) is 5.26 Å². The number of nitrogens with zero attached hydrogens (tertiary/aromatic N) is 1. The third kappa shape index (κ3) is 2.83. The first-order chi connectivity index (χ1) is 9.13. The van der Waals surface area contributed by atoms with Crippen molar-refractivity contribution in [2.24, 2.45) is 0 Å². The van der Waals surface area contributed by atoms with E-state index in [0.29, 0.717) is 5.56 Å². The molecule has 2 aromatic carbocycles. The number of aromatic carboxylic acids is 1. The van der Waals surface area contributed by atoms with Gasteiger partial charge in [0.15, 0.2) is 0 Å². The average Bonchev–Trinajstić information content (AvgIpc) is 2.40. The van der Waals surface area contributed by atoms with Crippen LogP contribution < -0.4 is 0 Å². The summed E-state index contributed by atoms with van der Waals surface area (Å²) in [4.78, 5) is 11.3. The molecule has 0 bridgehead atoms. The van der Waals surface area contributed by atoms with Gasteiger partial charge in [0.2, 0.25) is 0 Å². The molecule has 2 rings (SSSR count). The fraction of sp³-hybridized carbons (Fsp3) is 0.0667. The number of hydrogen-bond donors (Lipinski definition) is 1. The fourth-order valence-corrected chi connectivity index (χ4v) is 2.32. The van der Waals surface area contributed by atoms with Crippen molar-refractivity contribution in [2.45, 2.75) is 5.92 Å². The van der Waals surface area contributed by atoms with Crippen molar-refractivity contribution in [1.82, 2.24) is 0 Å². The second-order valence-corrected chi connectivity index (χ2v) is 4.93. The highest BCUT2D eigenvalue weighted by molar-refractivity contribution is 9.10. The minimum atomic E-state index is -1.03. The molecule has 0 fully saturated rings. The molecule has 0 saturated carbocycles. The van der Waals surface area contributed by atoms with E-state index in [1.165, 1.54) is 6.07 Å². The van der Waals surface area contributed by atoms with Crippen LogP contribution >= 0.6 is 15.9 Å². The lowest BCUT2D eigenvalue weighted by atomic mass is 9.89. The zero-order valence-electron chi connectivity index (χ0n) is 9.88. The molecule has 3 nitrogen and oxygen atoms in total. The minimum Gasteiger partial charge on any atom is -0.478 e. The van der Waals surface area contributed by atoms with Gasteiger partial charge in [0.05, 0.1) is 17.6 Å². The molecular formula is C15H10BrNO2. The number of rotatable bonds is 3. The van der Waals surface area contributed by atoms with Gasteiger partial charge in [-0.05, 0) is 29.3 Å². The Morgan fingerprint density at radius 2 is 1.89 bits per heavy atom.